The molecule has 2 saturated heterocycles. The van der Waals surface area contributed by atoms with Crippen LogP contribution in [0.25, 0.3) is 10.9 Å². The van der Waals surface area contributed by atoms with Crippen molar-refractivity contribution in [1.29, 1.82) is 0 Å². The molecule has 3 fully saturated rings. The smallest absolute Gasteiger partial charge is 0.272 e. The maximum atomic E-state index is 15.2. The van der Waals surface area contributed by atoms with Gasteiger partial charge in [0.1, 0.15) is 12.2 Å². The molecular formula is C22H21Cl2F3N6O. The monoisotopic (exact) mass is 512 g/mol. The molecule has 4 heterocycles. The standard InChI is InChI=1S/C22H21Cl2F3N6O/c23-15-3-11-6-28-21(31-18-7-29-33(20(18)24)19-5-22(19,26)27)30-17(11)4-14(15)13-1-2-32(8-16(13)25)12-9-34-10-12/h3-4,6-7,12-13,16,19H,1-2,5,8-10H2,(H,28,30,31)/t13-,16+,19?/m0/s1. The summed E-state index contributed by atoms with van der Waals surface area (Å²) in [6, 6.07) is 2.82. The Hall–Kier alpha value is -2.14. The van der Waals surface area contributed by atoms with Crippen LogP contribution in [0, 0.1) is 0 Å². The quantitative estimate of drug-likeness (QED) is 0.519. The number of halogens is 5. The summed E-state index contributed by atoms with van der Waals surface area (Å²) in [4.78, 5) is 10.9. The molecule has 7 nitrogen and oxygen atoms in total. The van der Waals surface area contributed by atoms with Crippen molar-refractivity contribution in [2.45, 2.75) is 42.9 Å². The average molecular weight is 513 g/mol. The highest BCUT2D eigenvalue weighted by Crippen LogP contribution is 2.53. The lowest BCUT2D eigenvalue weighted by atomic mass is 9.86. The molecule has 1 aromatic carbocycles. The molecule has 0 radical (unpaired) electrons. The summed E-state index contributed by atoms with van der Waals surface area (Å²) in [6.45, 7) is 2.46. The fraction of sp³-hybridized carbons (Fsp3) is 0.500. The van der Waals surface area contributed by atoms with Crippen LogP contribution in [-0.4, -0.2) is 69.1 Å². The first-order chi connectivity index (χ1) is 16.3. The number of nitrogens with one attached hydrogen (secondary N) is 1. The Morgan fingerprint density at radius 3 is 2.65 bits per heavy atom. The van der Waals surface area contributed by atoms with Crippen molar-refractivity contribution in [2.75, 3.05) is 31.6 Å². The maximum absolute atomic E-state index is 15.2. The topological polar surface area (TPSA) is 68.1 Å². The van der Waals surface area contributed by atoms with Gasteiger partial charge in [-0.15, -0.1) is 0 Å². The van der Waals surface area contributed by atoms with Gasteiger partial charge < -0.3 is 10.1 Å². The van der Waals surface area contributed by atoms with E-state index in [1.165, 1.54) is 6.20 Å². The zero-order chi connectivity index (χ0) is 23.6. The SMILES string of the molecule is F[C@@H]1CN(C2COC2)CC[C@H]1c1cc2nc(Nc3cnn(C4CC4(F)F)c3Cl)ncc2cc1Cl. The molecule has 1 aliphatic carbocycles. The highest BCUT2D eigenvalue weighted by atomic mass is 35.5. The first-order valence-electron chi connectivity index (χ1n) is 11.1. The average Bonchev–Trinajstić information content (AvgIpc) is 3.24. The Labute approximate surface area is 203 Å². The van der Waals surface area contributed by atoms with Crippen molar-refractivity contribution in [3.8, 4) is 0 Å². The van der Waals surface area contributed by atoms with Gasteiger partial charge in [-0.05, 0) is 30.7 Å². The van der Waals surface area contributed by atoms with Gasteiger partial charge >= 0.3 is 0 Å². The summed E-state index contributed by atoms with van der Waals surface area (Å²) >= 11 is 12.8. The Kier molecular flexibility index (Phi) is 5.40. The maximum Gasteiger partial charge on any atom is 0.272 e. The summed E-state index contributed by atoms with van der Waals surface area (Å²) in [7, 11) is 0. The van der Waals surface area contributed by atoms with Crippen LogP contribution in [0.4, 0.5) is 24.8 Å². The van der Waals surface area contributed by atoms with Crippen LogP contribution in [0.3, 0.4) is 0 Å². The summed E-state index contributed by atoms with van der Waals surface area (Å²) in [5.41, 5.74) is 1.64. The largest absolute Gasteiger partial charge is 0.378 e. The lowest BCUT2D eigenvalue weighted by Crippen LogP contribution is -2.54. The van der Waals surface area contributed by atoms with Gasteiger partial charge in [0.05, 0.1) is 36.7 Å². The number of hydrogen-bond donors (Lipinski definition) is 1. The van der Waals surface area contributed by atoms with E-state index >= 15 is 4.39 Å². The minimum Gasteiger partial charge on any atom is -0.378 e. The third-order valence-corrected chi connectivity index (χ3v) is 7.58. The van der Waals surface area contributed by atoms with Crippen molar-refractivity contribution in [3.63, 3.8) is 0 Å². The Balaban J connectivity index is 1.24. The molecule has 6 rings (SSSR count). The van der Waals surface area contributed by atoms with Crippen LogP contribution >= 0.6 is 23.2 Å². The summed E-state index contributed by atoms with van der Waals surface area (Å²) < 4.78 is 48.3. The number of ether oxygens (including phenoxy) is 1. The van der Waals surface area contributed by atoms with E-state index in [0.717, 1.165) is 16.8 Å². The third kappa shape index (κ3) is 3.90. The number of piperidine rings is 1. The molecule has 2 aliphatic heterocycles. The zero-order valence-electron chi connectivity index (χ0n) is 17.9. The van der Waals surface area contributed by atoms with E-state index in [0.29, 0.717) is 53.8 Å². The van der Waals surface area contributed by atoms with E-state index in [4.69, 9.17) is 27.9 Å². The Morgan fingerprint density at radius 2 is 1.97 bits per heavy atom. The second-order valence-corrected chi connectivity index (χ2v) is 9.89. The summed E-state index contributed by atoms with van der Waals surface area (Å²) in [6.07, 6.45) is 2.28. The van der Waals surface area contributed by atoms with Gasteiger partial charge in [-0.25, -0.2) is 27.8 Å². The second-order valence-electron chi connectivity index (χ2n) is 9.12. The molecule has 1 N–H and O–H groups in total. The van der Waals surface area contributed by atoms with E-state index in [2.05, 4.69) is 25.3 Å². The van der Waals surface area contributed by atoms with Crippen molar-refractivity contribution in [3.05, 3.63) is 40.3 Å². The van der Waals surface area contributed by atoms with Crippen LogP contribution in [0.5, 0.6) is 0 Å². The van der Waals surface area contributed by atoms with E-state index < -0.39 is 18.1 Å². The van der Waals surface area contributed by atoms with Crippen molar-refractivity contribution < 1.29 is 17.9 Å². The van der Waals surface area contributed by atoms with Gasteiger partial charge in [-0.1, -0.05) is 23.2 Å². The lowest BCUT2D eigenvalue weighted by molar-refractivity contribution is -0.0806. The van der Waals surface area contributed by atoms with Gasteiger partial charge in [0.15, 0.2) is 5.15 Å². The number of rotatable bonds is 5. The predicted octanol–water partition coefficient (Wildman–Crippen LogP) is 4.98. The fourth-order valence-electron chi connectivity index (χ4n) is 4.69. The number of aromatic nitrogens is 4. The van der Waals surface area contributed by atoms with Crippen molar-refractivity contribution >= 4 is 45.7 Å². The van der Waals surface area contributed by atoms with Gasteiger partial charge in [-0.2, -0.15) is 5.10 Å². The van der Waals surface area contributed by atoms with Gasteiger partial charge in [0.2, 0.25) is 5.95 Å². The molecule has 0 amide bonds. The first-order valence-corrected chi connectivity index (χ1v) is 11.9. The highest BCUT2D eigenvalue weighted by Gasteiger charge is 2.59. The van der Waals surface area contributed by atoms with Gasteiger partial charge in [0.25, 0.3) is 5.92 Å². The van der Waals surface area contributed by atoms with E-state index in [9.17, 15) is 8.78 Å². The van der Waals surface area contributed by atoms with E-state index in [1.807, 2.05) is 0 Å². The lowest BCUT2D eigenvalue weighted by Gasteiger charge is -2.43. The molecule has 3 atom stereocenters. The number of likely N-dealkylation sites (tertiary alicyclic amines) is 1. The zero-order valence-corrected chi connectivity index (χ0v) is 19.4. The number of alkyl halides is 3. The van der Waals surface area contributed by atoms with E-state index in [1.54, 1.807) is 18.3 Å². The number of hydrogen-bond acceptors (Lipinski definition) is 6. The number of fused-ring (bicyclic) bond motifs is 1. The number of benzene rings is 1. The van der Waals surface area contributed by atoms with Crippen LogP contribution in [-0.2, 0) is 4.74 Å². The molecule has 3 aromatic rings. The van der Waals surface area contributed by atoms with Crippen LogP contribution in [0.2, 0.25) is 10.2 Å². The number of nitrogens with zero attached hydrogens (tertiary/aromatic N) is 5. The molecule has 180 valence electrons. The molecule has 3 aliphatic rings. The molecule has 1 saturated carbocycles. The predicted molar refractivity (Wildman–Crippen MR) is 122 cm³/mol. The normalized spacial score (nSPS) is 27.0. The molecule has 0 bridgehead atoms. The molecule has 12 heteroatoms. The molecule has 1 unspecified atom stereocenters. The Bertz CT molecular complexity index is 1250. The first kappa shape index (κ1) is 22.3. The second kappa shape index (κ2) is 8.22. The minimum atomic E-state index is -2.79. The Morgan fingerprint density at radius 1 is 1.18 bits per heavy atom. The van der Waals surface area contributed by atoms with Crippen LogP contribution < -0.4 is 5.32 Å². The van der Waals surface area contributed by atoms with Crippen LogP contribution in [0.1, 0.15) is 30.4 Å². The van der Waals surface area contributed by atoms with Crippen LogP contribution in [0.15, 0.2) is 24.5 Å². The molecule has 0 spiro atoms. The molecule has 2 aromatic heterocycles. The highest BCUT2D eigenvalue weighted by molar-refractivity contribution is 6.32. The van der Waals surface area contributed by atoms with Gasteiger partial charge in [-0.3, -0.25) is 4.90 Å². The fourth-order valence-corrected chi connectivity index (χ4v) is 5.26. The summed E-state index contributed by atoms with van der Waals surface area (Å²) in [5.74, 6) is -2.90. The third-order valence-electron chi connectivity index (χ3n) is 6.88. The van der Waals surface area contributed by atoms with Crippen molar-refractivity contribution in [1.82, 2.24) is 24.6 Å². The number of anilines is 2. The van der Waals surface area contributed by atoms with Crippen molar-refractivity contribution in [2.24, 2.45) is 0 Å². The minimum absolute atomic E-state index is 0.0616. The summed E-state index contributed by atoms with van der Waals surface area (Å²) in [5, 5.41) is 8.17. The van der Waals surface area contributed by atoms with Gasteiger partial charge in [0, 0.05) is 35.5 Å². The molecular weight excluding hydrogens is 492 g/mol. The molecule has 34 heavy (non-hydrogen) atoms. The van der Waals surface area contributed by atoms with E-state index in [-0.39, 0.29) is 23.4 Å².